The molecule has 2 atom stereocenters. The third-order valence-electron chi connectivity index (χ3n) is 2.81. The van der Waals surface area contributed by atoms with Crippen molar-refractivity contribution in [2.24, 2.45) is 5.92 Å². The SMILES string of the molecule is CCCCC(CC)C(O)c1sccc1Cl. The Bertz CT molecular complexity index is 285. The average Bonchev–Trinajstić information content (AvgIpc) is 2.65. The number of hydrogen-bond acceptors (Lipinski definition) is 2. The predicted molar refractivity (Wildman–Crippen MR) is 67.6 cm³/mol. The van der Waals surface area contributed by atoms with Crippen molar-refractivity contribution >= 4 is 22.9 Å². The molecule has 86 valence electrons. The number of rotatable bonds is 6. The molecular weight excluding hydrogens is 228 g/mol. The van der Waals surface area contributed by atoms with Crippen LogP contribution >= 0.6 is 22.9 Å². The standard InChI is InChI=1S/C12H19ClOS/c1-3-5-6-9(4-2)11(14)12-10(13)7-8-15-12/h7-9,11,14H,3-6H2,1-2H3. The van der Waals surface area contributed by atoms with Crippen LogP contribution < -0.4 is 0 Å². The summed E-state index contributed by atoms with van der Waals surface area (Å²) in [5.74, 6) is 0.348. The van der Waals surface area contributed by atoms with E-state index in [9.17, 15) is 5.11 Å². The molecule has 0 bridgehead atoms. The Hall–Kier alpha value is -0.0500. The van der Waals surface area contributed by atoms with Gasteiger partial charge in [-0.3, -0.25) is 0 Å². The molecule has 0 aliphatic rings. The first-order valence-corrected chi connectivity index (χ1v) is 6.87. The zero-order chi connectivity index (χ0) is 11.3. The van der Waals surface area contributed by atoms with Crippen LogP contribution in [0.3, 0.4) is 0 Å². The van der Waals surface area contributed by atoms with Gasteiger partial charge in [0.1, 0.15) is 0 Å². The van der Waals surface area contributed by atoms with Crippen molar-refractivity contribution in [2.75, 3.05) is 0 Å². The number of unbranched alkanes of at least 4 members (excludes halogenated alkanes) is 1. The largest absolute Gasteiger partial charge is 0.387 e. The lowest BCUT2D eigenvalue weighted by molar-refractivity contribution is 0.102. The third-order valence-corrected chi connectivity index (χ3v) is 4.24. The summed E-state index contributed by atoms with van der Waals surface area (Å²) in [5, 5.41) is 12.9. The van der Waals surface area contributed by atoms with Gasteiger partial charge in [-0.1, -0.05) is 44.7 Å². The van der Waals surface area contributed by atoms with Gasteiger partial charge in [-0.2, -0.15) is 0 Å². The zero-order valence-electron chi connectivity index (χ0n) is 9.37. The summed E-state index contributed by atoms with van der Waals surface area (Å²) in [4.78, 5) is 0.930. The van der Waals surface area contributed by atoms with Crippen LogP contribution in [0.4, 0.5) is 0 Å². The van der Waals surface area contributed by atoms with Crippen LogP contribution in [0.25, 0.3) is 0 Å². The average molecular weight is 247 g/mol. The van der Waals surface area contributed by atoms with Gasteiger partial charge < -0.3 is 5.11 Å². The quantitative estimate of drug-likeness (QED) is 0.775. The van der Waals surface area contributed by atoms with E-state index in [1.54, 1.807) is 11.3 Å². The second kappa shape index (κ2) is 6.51. The molecule has 1 nitrogen and oxygen atoms in total. The molecule has 2 unspecified atom stereocenters. The minimum atomic E-state index is -0.381. The van der Waals surface area contributed by atoms with Gasteiger partial charge in [0.2, 0.25) is 0 Å². The van der Waals surface area contributed by atoms with E-state index in [0.717, 1.165) is 17.7 Å². The van der Waals surface area contributed by atoms with Gasteiger partial charge in [0.05, 0.1) is 16.0 Å². The third kappa shape index (κ3) is 3.47. The van der Waals surface area contributed by atoms with E-state index in [-0.39, 0.29) is 6.10 Å². The smallest absolute Gasteiger partial charge is 0.0924 e. The van der Waals surface area contributed by atoms with Gasteiger partial charge >= 0.3 is 0 Å². The molecule has 0 saturated heterocycles. The van der Waals surface area contributed by atoms with Crippen molar-refractivity contribution in [3.8, 4) is 0 Å². The van der Waals surface area contributed by atoms with Crippen molar-refractivity contribution in [3.63, 3.8) is 0 Å². The number of aliphatic hydroxyl groups is 1. The Morgan fingerprint density at radius 1 is 1.47 bits per heavy atom. The molecule has 1 heterocycles. The van der Waals surface area contributed by atoms with Crippen LogP contribution in [-0.2, 0) is 0 Å². The summed E-state index contributed by atoms with van der Waals surface area (Å²) in [6, 6.07) is 1.86. The molecule has 1 aromatic heterocycles. The molecule has 0 spiro atoms. The fourth-order valence-corrected chi connectivity index (χ4v) is 3.03. The van der Waals surface area contributed by atoms with Crippen LogP contribution in [0, 0.1) is 5.92 Å². The highest BCUT2D eigenvalue weighted by molar-refractivity contribution is 7.10. The van der Waals surface area contributed by atoms with Gasteiger partial charge in [-0.05, 0) is 23.8 Å². The van der Waals surface area contributed by atoms with E-state index >= 15 is 0 Å². The molecule has 1 aromatic rings. The Morgan fingerprint density at radius 3 is 2.67 bits per heavy atom. The summed E-state index contributed by atoms with van der Waals surface area (Å²) in [7, 11) is 0. The van der Waals surface area contributed by atoms with Crippen LogP contribution in [0.5, 0.6) is 0 Å². The highest BCUT2D eigenvalue weighted by Crippen LogP contribution is 2.36. The Morgan fingerprint density at radius 2 is 2.20 bits per heavy atom. The lowest BCUT2D eigenvalue weighted by Crippen LogP contribution is -2.11. The van der Waals surface area contributed by atoms with Crippen molar-refractivity contribution < 1.29 is 5.11 Å². The minimum Gasteiger partial charge on any atom is -0.387 e. The van der Waals surface area contributed by atoms with Crippen molar-refractivity contribution in [2.45, 2.75) is 45.6 Å². The first kappa shape index (κ1) is 13.0. The lowest BCUT2D eigenvalue weighted by Gasteiger charge is -2.20. The first-order chi connectivity index (χ1) is 7.20. The van der Waals surface area contributed by atoms with Crippen molar-refractivity contribution in [1.82, 2.24) is 0 Å². The fraction of sp³-hybridized carbons (Fsp3) is 0.667. The maximum absolute atomic E-state index is 10.2. The minimum absolute atomic E-state index is 0.348. The maximum Gasteiger partial charge on any atom is 0.0924 e. The summed E-state index contributed by atoms with van der Waals surface area (Å²) in [6.45, 7) is 4.31. The molecule has 3 heteroatoms. The second-order valence-corrected chi connectivity index (χ2v) is 5.24. The number of hydrogen-bond donors (Lipinski definition) is 1. The van der Waals surface area contributed by atoms with Gasteiger partial charge in [0.25, 0.3) is 0 Å². The molecule has 1 N–H and O–H groups in total. The van der Waals surface area contributed by atoms with Crippen LogP contribution in [0.1, 0.15) is 50.5 Å². The molecule has 0 saturated carbocycles. The van der Waals surface area contributed by atoms with Gasteiger partial charge in [0, 0.05) is 0 Å². The molecule has 0 fully saturated rings. The normalized spacial score (nSPS) is 15.2. The summed E-state index contributed by atoms with van der Waals surface area (Å²) < 4.78 is 0. The number of halogens is 1. The zero-order valence-corrected chi connectivity index (χ0v) is 10.9. The van der Waals surface area contributed by atoms with E-state index in [2.05, 4.69) is 13.8 Å². The van der Waals surface area contributed by atoms with Crippen LogP contribution in [0.2, 0.25) is 5.02 Å². The van der Waals surface area contributed by atoms with E-state index in [1.165, 1.54) is 12.8 Å². The molecule has 15 heavy (non-hydrogen) atoms. The maximum atomic E-state index is 10.2. The van der Waals surface area contributed by atoms with Crippen molar-refractivity contribution in [1.29, 1.82) is 0 Å². The fourth-order valence-electron chi connectivity index (χ4n) is 1.78. The number of aliphatic hydroxyl groups excluding tert-OH is 1. The molecule has 0 aromatic carbocycles. The first-order valence-electron chi connectivity index (χ1n) is 5.61. The highest BCUT2D eigenvalue weighted by atomic mass is 35.5. The van der Waals surface area contributed by atoms with Gasteiger partial charge in [-0.25, -0.2) is 0 Å². The lowest BCUT2D eigenvalue weighted by atomic mass is 9.92. The second-order valence-electron chi connectivity index (χ2n) is 3.89. The van der Waals surface area contributed by atoms with E-state index in [1.807, 2.05) is 11.4 Å². The summed E-state index contributed by atoms with van der Waals surface area (Å²) in [5.41, 5.74) is 0. The van der Waals surface area contributed by atoms with Crippen LogP contribution in [-0.4, -0.2) is 5.11 Å². The van der Waals surface area contributed by atoms with Gasteiger partial charge in [0.15, 0.2) is 0 Å². The predicted octanol–water partition coefficient (Wildman–Crippen LogP) is 4.65. The number of thiophene rings is 1. The topological polar surface area (TPSA) is 20.2 Å². The van der Waals surface area contributed by atoms with Crippen molar-refractivity contribution in [3.05, 3.63) is 21.3 Å². The molecule has 0 aliphatic carbocycles. The molecule has 1 rings (SSSR count). The summed E-state index contributed by atoms with van der Waals surface area (Å²) in [6.07, 6.45) is 4.08. The molecule has 0 aliphatic heterocycles. The Kier molecular flexibility index (Phi) is 5.65. The molecule has 0 amide bonds. The molecule has 0 radical (unpaired) electrons. The Labute approximate surface area is 101 Å². The molecular formula is C12H19ClOS. The van der Waals surface area contributed by atoms with Gasteiger partial charge in [-0.15, -0.1) is 11.3 Å². The van der Waals surface area contributed by atoms with Crippen LogP contribution in [0.15, 0.2) is 11.4 Å². The Balaban J connectivity index is 2.64. The summed E-state index contributed by atoms with van der Waals surface area (Å²) >= 11 is 7.57. The monoisotopic (exact) mass is 246 g/mol. The highest BCUT2D eigenvalue weighted by Gasteiger charge is 2.21. The van der Waals surface area contributed by atoms with E-state index < -0.39 is 0 Å². The van der Waals surface area contributed by atoms with E-state index in [0.29, 0.717) is 10.9 Å². The van der Waals surface area contributed by atoms with E-state index in [4.69, 9.17) is 11.6 Å².